The van der Waals surface area contributed by atoms with E-state index < -0.39 is 0 Å². The Morgan fingerprint density at radius 1 is 1.06 bits per heavy atom. The Balaban J connectivity index is 1.77. The first-order valence-corrected chi connectivity index (χ1v) is 11.9. The molecule has 1 aliphatic rings. The zero-order valence-electron chi connectivity index (χ0n) is 20.9. The molecule has 1 aliphatic heterocycles. The summed E-state index contributed by atoms with van der Waals surface area (Å²) in [6, 6.07) is 14.6. The maximum absolute atomic E-state index is 12.9. The second-order valence-corrected chi connectivity index (χ2v) is 10.0. The molecule has 0 fully saturated rings. The molecule has 178 valence electrons. The fraction of sp³-hybridized carbons (Fsp3) is 0.464. The minimum Gasteiger partial charge on any atom is -0.486 e. The zero-order chi connectivity index (χ0) is 24.0. The molecule has 1 amide bonds. The van der Waals surface area contributed by atoms with Gasteiger partial charge in [-0.05, 0) is 74.5 Å². The minimum absolute atomic E-state index is 0.0952. The van der Waals surface area contributed by atoms with E-state index in [4.69, 9.17) is 9.47 Å². The summed E-state index contributed by atoms with van der Waals surface area (Å²) in [5.41, 5.74) is 4.21. The standard InChI is InChI=1S/C28H38N2O3/c1-20(2)30(6)15-7-8-22(21-9-11-23(12-10-21)28(3,4)5)18-27(31)29-24-13-14-25-26(19-24)33-17-16-32-25/h9-14,18-20H,7-8,15-17H2,1-6H3,(H,29,31)/b22-18+. The Hall–Kier alpha value is -2.79. The van der Waals surface area contributed by atoms with Crippen molar-refractivity contribution in [2.24, 2.45) is 0 Å². The predicted octanol–water partition coefficient (Wildman–Crippen LogP) is 5.90. The van der Waals surface area contributed by atoms with Crippen LogP contribution in [0.25, 0.3) is 5.57 Å². The van der Waals surface area contributed by atoms with Crippen molar-refractivity contribution in [2.45, 2.75) is 58.9 Å². The Morgan fingerprint density at radius 3 is 2.36 bits per heavy atom. The lowest BCUT2D eigenvalue weighted by Crippen LogP contribution is -2.27. The van der Waals surface area contributed by atoms with Crippen LogP contribution in [0.15, 0.2) is 48.5 Å². The number of benzene rings is 2. The van der Waals surface area contributed by atoms with E-state index in [1.54, 1.807) is 6.08 Å². The van der Waals surface area contributed by atoms with Crippen LogP contribution in [0.3, 0.4) is 0 Å². The van der Waals surface area contributed by atoms with Crippen molar-refractivity contribution in [2.75, 3.05) is 32.1 Å². The summed E-state index contributed by atoms with van der Waals surface area (Å²) in [6.45, 7) is 13.1. The number of nitrogens with one attached hydrogen (secondary N) is 1. The molecule has 0 unspecified atom stereocenters. The molecule has 0 aliphatic carbocycles. The van der Waals surface area contributed by atoms with Gasteiger partial charge in [0.1, 0.15) is 13.2 Å². The van der Waals surface area contributed by atoms with Crippen LogP contribution in [0.4, 0.5) is 5.69 Å². The summed E-state index contributed by atoms with van der Waals surface area (Å²) in [7, 11) is 2.14. The van der Waals surface area contributed by atoms with Crippen LogP contribution in [0.2, 0.25) is 0 Å². The number of fused-ring (bicyclic) bond motifs is 1. The van der Waals surface area contributed by atoms with Gasteiger partial charge in [-0.25, -0.2) is 0 Å². The first-order valence-electron chi connectivity index (χ1n) is 11.9. The van der Waals surface area contributed by atoms with Crippen LogP contribution in [-0.4, -0.2) is 43.7 Å². The normalized spacial score (nSPS) is 14.0. The highest BCUT2D eigenvalue weighted by molar-refractivity contribution is 6.04. The molecule has 1 heterocycles. The highest BCUT2D eigenvalue weighted by Crippen LogP contribution is 2.33. The molecule has 0 aromatic heterocycles. The van der Waals surface area contributed by atoms with E-state index in [0.29, 0.717) is 36.4 Å². The average Bonchev–Trinajstić information content (AvgIpc) is 2.77. The number of nitrogens with zero attached hydrogens (tertiary/aromatic N) is 1. The van der Waals surface area contributed by atoms with E-state index in [1.807, 2.05) is 18.2 Å². The van der Waals surface area contributed by atoms with Gasteiger partial charge in [-0.3, -0.25) is 4.79 Å². The molecule has 0 saturated carbocycles. The highest BCUT2D eigenvalue weighted by Gasteiger charge is 2.15. The third-order valence-electron chi connectivity index (χ3n) is 6.08. The molecule has 0 spiro atoms. The second-order valence-electron chi connectivity index (χ2n) is 10.0. The number of allylic oxidation sites excluding steroid dienone is 1. The third kappa shape index (κ3) is 7.10. The molecular weight excluding hydrogens is 412 g/mol. The summed E-state index contributed by atoms with van der Waals surface area (Å²) < 4.78 is 11.2. The van der Waals surface area contributed by atoms with Gasteiger partial charge in [-0.15, -0.1) is 0 Å². The molecule has 5 heteroatoms. The maximum atomic E-state index is 12.9. The largest absolute Gasteiger partial charge is 0.486 e. The predicted molar refractivity (Wildman–Crippen MR) is 136 cm³/mol. The van der Waals surface area contributed by atoms with Crippen molar-refractivity contribution < 1.29 is 14.3 Å². The van der Waals surface area contributed by atoms with Crippen molar-refractivity contribution in [1.82, 2.24) is 4.90 Å². The Bertz CT molecular complexity index is 972. The first kappa shape index (κ1) is 24.8. The number of hydrogen-bond donors (Lipinski definition) is 1. The second kappa shape index (κ2) is 10.9. The molecular formula is C28H38N2O3. The summed E-state index contributed by atoms with van der Waals surface area (Å²) >= 11 is 0. The lowest BCUT2D eigenvalue weighted by atomic mass is 9.86. The van der Waals surface area contributed by atoms with Crippen LogP contribution >= 0.6 is 0 Å². The number of carbonyl (C=O) groups is 1. The van der Waals surface area contributed by atoms with E-state index in [2.05, 4.69) is 76.1 Å². The molecule has 5 nitrogen and oxygen atoms in total. The van der Waals surface area contributed by atoms with Gasteiger partial charge in [-0.1, -0.05) is 45.0 Å². The van der Waals surface area contributed by atoms with Gasteiger partial charge in [0.2, 0.25) is 5.91 Å². The summed E-state index contributed by atoms with van der Waals surface area (Å²) in [5, 5.41) is 2.98. The van der Waals surface area contributed by atoms with E-state index in [0.717, 1.165) is 30.5 Å². The lowest BCUT2D eigenvalue weighted by Gasteiger charge is -2.22. The van der Waals surface area contributed by atoms with Crippen molar-refractivity contribution in [3.05, 3.63) is 59.7 Å². The number of carbonyl (C=O) groups excluding carboxylic acids is 1. The fourth-order valence-electron chi connectivity index (χ4n) is 3.72. The van der Waals surface area contributed by atoms with Crippen LogP contribution < -0.4 is 14.8 Å². The van der Waals surface area contributed by atoms with Gasteiger partial charge in [0.05, 0.1) is 0 Å². The van der Waals surface area contributed by atoms with Gasteiger partial charge in [-0.2, -0.15) is 0 Å². The smallest absolute Gasteiger partial charge is 0.248 e. The maximum Gasteiger partial charge on any atom is 0.248 e. The molecule has 1 N–H and O–H groups in total. The van der Waals surface area contributed by atoms with Crippen molar-refractivity contribution >= 4 is 17.2 Å². The van der Waals surface area contributed by atoms with Crippen LogP contribution in [-0.2, 0) is 10.2 Å². The van der Waals surface area contributed by atoms with E-state index in [9.17, 15) is 4.79 Å². The molecule has 0 bridgehead atoms. The van der Waals surface area contributed by atoms with Crippen molar-refractivity contribution in [3.63, 3.8) is 0 Å². The van der Waals surface area contributed by atoms with E-state index in [1.165, 1.54) is 5.56 Å². The number of ether oxygens (including phenoxy) is 2. The minimum atomic E-state index is -0.140. The number of rotatable bonds is 8. The Kier molecular flexibility index (Phi) is 8.20. The Morgan fingerprint density at radius 2 is 1.73 bits per heavy atom. The third-order valence-corrected chi connectivity index (χ3v) is 6.08. The summed E-state index contributed by atoms with van der Waals surface area (Å²) in [6.07, 6.45) is 3.55. The summed E-state index contributed by atoms with van der Waals surface area (Å²) in [4.78, 5) is 15.3. The lowest BCUT2D eigenvalue weighted by molar-refractivity contribution is -0.111. The van der Waals surface area contributed by atoms with Crippen LogP contribution in [0.1, 0.15) is 58.6 Å². The zero-order valence-corrected chi connectivity index (χ0v) is 20.9. The van der Waals surface area contributed by atoms with Gasteiger partial charge < -0.3 is 19.7 Å². The molecule has 3 rings (SSSR count). The monoisotopic (exact) mass is 450 g/mol. The SMILES string of the molecule is CC(C)N(C)CCC/C(=C\C(=O)Nc1ccc2c(c1)OCCO2)c1ccc(C(C)(C)C)cc1. The summed E-state index contributed by atoms with van der Waals surface area (Å²) in [5.74, 6) is 1.24. The van der Waals surface area contributed by atoms with Crippen LogP contribution in [0, 0.1) is 0 Å². The number of hydrogen-bond acceptors (Lipinski definition) is 4. The van der Waals surface area contributed by atoms with Gasteiger partial charge in [0, 0.05) is 23.9 Å². The van der Waals surface area contributed by atoms with E-state index in [-0.39, 0.29) is 11.3 Å². The van der Waals surface area contributed by atoms with Gasteiger partial charge in [0.15, 0.2) is 11.5 Å². The molecule has 33 heavy (non-hydrogen) atoms. The van der Waals surface area contributed by atoms with Crippen molar-refractivity contribution in [1.29, 1.82) is 0 Å². The molecule has 2 aromatic carbocycles. The molecule has 2 aromatic rings. The fourth-order valence-corrected chi connectivity index (χ4v) is 3.72. The average molecular weight is 451 g/mol. The number of amides is 1. The van der Waals surface area contributed by atoms with Crippen LogP contribution in [0.5, 0.6) is 11.5 Å². The highest BCUT2D eigenvalue weighted by atomic mass is 16.6. The topological polar surface area (TPSA) is 50.8 Å². The first-order chi connectivity index (χ1) is 15.6. The number of anilines is 1. The van der Waals surface area contributed by atoms with Gasteiger partial charge >= 0.3 is 0 Å². The molecule has 0 radical (unpaired) electrons. The van der Waals surface area contributed by atoms with E-state index >= 15 is 0 Å². The van der Waals surface area contributed by atoms with Gasteiger partial charge in [0.25, 0.3) is 0 Å². The quantitative estimate of drug-likeness (QED) is 0.509. The molecule has 0 saturated heterocycles. The van der Waals surface area contributed by atoms with Crippen molar-refractivity contribution in [3.8, 4) is 11.5 Å². The molecule has 0 atom stereocenters. The Labute approximate surface area is 198 Å².